The van der Waals surface area contributed by atoms with Gasteiger partial charge in [0, 0.05) is 23.7 Å². The number of amides is 1. The molecule has 0 saturated carbocycles. The van der Waals surface area contributed by atoms with Gasteiger partial charge in [0.2, 0.25) is 0 Å². The summed E-state index contributed by atoms with van der Waals surface area (Å²) in [6.45, 7) is 0.200. The first kappa shape index (κ1) is 23.8. The molecule has 0 bridgehead atoms. The van der Waals surface area contributed by atoms with Gasteiger partial charge in [-0.2, -0.15) is 5.26 Å². The van der Waals surface area contributed by atoms with E-state index in [0.717, 1.165) is 5.56 Å². The maximum atomic E-state index is 12.6. The third kappa shape index (κ3) is 5.58. The molecule has 35 heavy (non-hydrogen) atoms. The van der Waals surface area contributed by atoms with Gasteiger partial charge in [-0.15, -0.1) is 0 Å². The van der Waals surface area contributed by atoms with Gasteiger partial charge in [0.1, 0.15) is 30.0 Å². The molecule has 0 radical (unpaired) electrons. The quantitative estimate of drug-likeness (QED) is 0.488. The van der Waals surface area contributed by atoms with Crippen LogP contribution in [-0.4, -0.2) is 30.1 Å². The Labute approximate surface area is 201 Å². The zero-order valence-electron chi connectivity index (χ0n) is 18.8. The van der Waals surface area contributed by atoms with Crippen molar-refractivity contribution in [1.29, 1.82) is 5.26 Å². The number of ether oxygens (including phenoxy) is 2. The Balaban J connectivity index is 1.39. The summed E-state index contributed by atoms with van der Waals surface area (Å²) in [5.41, 5.74) is 2.72. The summed E-state index contributed by atoms with van der Waals surface area (Å²) < 4.78 is 24.0. The molecule has 1 atom stereocenters. The van der Waals surface area contributed by atoms with E-state index in [9.17, 15) is 24.3 Å². The summed E-state index contributed by atoms with van der Waals surface area (Å²) in [6, 6.07) is 18.7. The molecular weight excluding hydrogens is 451 g/mol. The van der Waals surface area contributed by atoms with Gasteiger partial charge in [-0.05, 0) is 54.3 Å². The van der Waals surface area contributed by atoms with Crippen molar-refractivity contribution in [2.75, 3.05) is 13.2 Å². The van der Waals surface area contributed by atoms with Gasteiger partial charge in [0.25, 0.3) is 5.91 Å². The number of rotatable bonds is 8. The van der Waals surface area contributed by atoms with Gasteiger partial charge in [-0.25, -0.2) is 4.39 Å². The second kappa shape index (κ2) is 10.7. The first-order valence-corrected chi connectivity index (χ1v) is 11.1. The van der Waals surface area contributed by atoms with E-state index in [0.29, 0.717) is 47.6 Å². The number of carbonyl (C=O) groups is 2. The van der Waals surface area contributed by atoms with E-state index in [1.807, 2.05) is 18.2 Å². The van der Waals surface area contributed by atoms with Crippen LogP contribution in [0.15, 0.2) is 60.7 Å². The Bertz CT molecular complexity index is 1270. The lowest BCUT2D eigenvalue weighted by atomic mass is 9.91. The van der Waals surface area contributed by atoms with Gasteiger partial charge < -0.3 is 19.9 Å². The number of nitrogens with zero attached hydrogens (tertiary/aromatic N) is 1. The number of carbonyl (C=O) groups excluding carboxylic acids is 1. The third-order valence-corrected chi connectivity index (χ3v) is 5.79. The van der Waals surface area contributed by atoms with Crippen LogP contribution in [0.1, 0.15) is 45.0 Å². The summed E-state index contributed by atoms with van der Waals surface area (Å²) in [7, 11) is 0. The number of carboxylic acids is 1. The molecule has 1 amide bonds. The largest absolute Gasteiger partial charge is 0.493 e. The summed E-state index contributed by atoms with van der Waals surface area (Å²) in [5, 5.41) is 21.8. The van der Waals surface area contributed by atoms with Crippen LogP contribution < -0.4 is 14.8 Å². The zero-order chi connectivity index (χ0) is 24.8. The summed E-state index contributed by atoms with van der Waals surface area (Å²) in [5.74, 6) is -0.891. The molecule has 0 fully saturated rings. The van der Waals surface area contributed by atoms with Crippen LogP contribution in [0.5, 0.6) is 17.2 Å². The number of alkyl halides is 1. The lowest BCUT2D eigenvalue weighted by Crippen LogP contribution is -2.25. The van der Waals surface area contributed by atoms with E-state index < -0.39 is 18.6 Å². The van der Waals surface area contributed by atoms with Crippen molar-refractivity contribution in [1.82, 2.24) is 5.32 Å². The van der Waals surface area contributed by atoms with Crippen molar-refractivity contribution >= 4 is 11.9 Å². The number of hydrogen-bond acceptors (Lipinski definition) is 5. The summed E-state index contributed by atoms with van der Waals surface area (Å²) in [4.78, 5) is 24.0. The molecule has 3 aromatic rings. The number of nitrogens with one attached hydrogen (secondary N) is 1. The van der Waals surface area contributed by atoms with Gasteiger partial charge in [-0.1, -0.05) is 24.3 Å². The molecule has 1 aliphatic rings. The molecule has 0 saturated heterocycles. The fraction of sp³-hybridized carbons (Fsp3) is 0.222. The van der Waals surface area contributed by atoms with Gasteiger partial charge in [-0.3, -0.25) is 9.59 Å². The zero-order valence-corrected chi connectivity index (χ0v) is 18.8. The Morgan fingerprint density at radius 2 is 1.83 bits per heavy atom. The van der Waals surface area contributed by atoms with Gasteiger partial charge in [0.15, 0.2) is 0 Å². The Kier molecular flexibility index (Phi) is 7.27. The average molecular weight is 474 g/mol. The number of nitriles is 1. The Morgan fingerprint density at radius 3 is 2.49 bits per heavy atom. The van der Waals surface area contributed by atoms with Crippen LogP contribution in [0, 0.1) is 11.3 Å². The minimum Gasteiger partial charge on any atom is -0.493 e. The van der Waals surface area contributed by atoms with Crippen LogP contribution in [0.2, 0.25) is 0 Å². The molecule has 1 unspecified atom stereocenters. The predicted molar refractivity (Wildman–Crippen MR) is 125 cm³/mol. The van der Waals surface area contributed by atoms with Gasteiger partial charge >= 0.3 is 5.97 Å². The highest BCUT2D eigenvalue weighted by atomic mass is 19.1. The molecule has 0 spiro atoms. The first-order chi connectivity index (χ1) is 17.0. The maximum absolute atomic E-state index is 12.6. The number of aliphatic carboxylic acids is 1. The summed E-state index contributed by atoms with van der Waals surface area (Å²) >= 11 is 0. The van der Waals surface area contributed by atoms with Gasteiger partial charge in [0.05, 0.1) is 18.1 Å². The predicted octanol–water partition coefficient (Wildman–Crippen LogP) is 4.74. The molecule has 0 aromatic heterocycles. The van der Waals surface area contributed by atoms with Crippen LogP contribution in [0.3, 0.4) is 0 Å². The second-order valence-corrected chi connectivity index (χ2v) is 8.11. The molecule has 178 valence electrons. The molecule has 1 heterocycles. The molecule has 8 heteroatoms. The number of fused-ring (bicyclic) bond motifs is 1. The fourth-order valence-electron chi connectivity index (χ4n) is 3.86. The topological polar surface area (TPSA) is 109 Å². The molecule has 7 nitrogen and oxygen atoms in total. The molecule has 4 rings (SSSR count). The number of halogens is 1. The number of carboxylic acid groups (broad SMARTS) is 1. The van der Waals surface area contributed by atoms with Crippen LogP contribution in [-0.2, 0) is 17.9 Å². The number of benzene rings is 3. The average Bonchev–Trinajstić information content (AvgIpc) is 2.88. The van der Waals surface area contributed by atoms with E-state index in [-0.39, 0.29) is 23.8 Å². The Hall–Kier alpha value is -4.38. The summed E-state index contributed by atoms with van der Waals surface area (Å²) in [6.07, 6.45) is 0.960. The minimum atomic E-state index is -0.962. The normalized spacial score (nSPS) is 14.2. The van der Waals surface area contributed by atoms with Crippen LogP contribution >= 0.6 is 0 Å². The molecular formula is C27H23FN2O5. The van der Waals surface area contributed by atoms with E-state index in [1.54, 1.807) is 36.4 Å². The Morgan fingerprint density at radius 1 is 1.11 bits per heavy atom. The minimum absolute atomic E-state index is 0.196. The van der Waals surface area contributed by atoms with Crippen molar-refractivity contribution in [2.24, 2.45) is 0 Å². The monoisotopic (exact) mass is 474 g/mol. The molecule has 1 aliphatic heterocycles. The lowest BCUT2D eigenvalue weighted by Gasteiger charge is -2.24. The SMILES string of the molecule is N#Cc1cc2c(cc1Oc1ccc(C(=O)NCCc3ccc(CF)cc3)cc1)OCCC2C(=O)O. The van der Waals surface area contributed by atoms with Crippen LogP contribution in [0.4, 0.5) is 4.39 Å². The van der Waals surface area contributed by atoms with Crippen molar-refractivity contribution in [3.63, 3.8) is 0 Å². The highest BCUT2D eigenvalue weighted by molar-refractivity contribution is 5.94. The first-order valence-electron chi connectivity index (χ1n) is 11.1. The van der Waals surface area contributed by atoms with Crippen molar-refractivity contribution in [3.05, 3.63) is 88.5 Å². The van der Waals surface area contributed by atoms with Crippen molar-refractivity contribution in [2.45, 2.75) is 25.4 Å². The highest BCUT2D eigenvalue weighted by Gasteiger charge is 2.29. The van der Waals surface area contributed by atoms with E-state index in [4.69, 9.17) is 9.47 Å². The second-order valence-electron chi connectivity index (χ2n) is 8.11. The molecule has 3 aromatic carbocycles. The van der Waals surface area contributed by atoms with Crippen LogP contribution in [0.25, 0.3) is 0 Å². The highest BCUT2D eigenvalue weighted by Crippen LogP contribution is 2.39. The van der Waals surface area contributed by atoms with E-state index in [2.05, 4.69) is 5.32 Å². The van der Waals surface area contributed by atoms with E-state index in [1.165, 1.54) is 12.1 Å². The molecule has 2 N–H and O–H groups in total. The fourth-order valence-corrected chi connectivity index (χ4v) is 3.86. The smallest absolute Gasteiger partial charge is 0.311 e. The number of hydrogen-bond donors (Lipinski definition) is 2. The van der Waals surface area contributed by atoms with Crippen molar-refractivity contribution < 1.29 is 28.6 Å². The maximum Gasteiger partial charge on any atom is 0.311 e. The lowest BCUT2D eigenvalue weighted by molar-refractivity contribution is -0.139. The van der Waals surface area contributed by atoms with Crippen molar-refractivity contribution in [3.8, 4) is 23.3 Å². The van der Waals surface area contributed by atoms with E-state index >= 15 is 0 Å². The standard InChI is InChI=1S/C27H23FN2O5/c28-15-18-3-1-17(2-4-18)9-11-30-26(31)19-5-7-21(8-6-19)35-24-14-25-23(13-20(24)16-29)22(27(32)33)10-12-34-25/h1-8,13-14,22H,9-12,15H2,(H,30,31)(H,32,33). The molecule has 0 aliphatic carbocycles. The third-order valence-electron chi connectivity index (χ3n) is 5.79.